The highest BCUT2D eigenvalue weighted by atomic mass is 32.2. The van der Waals surface area contributed by atoms with Gasteiger partial charge in [0.2, 0.25) is 70.9 Å². The molecule has 0 radical (unpaired) electrons. The number of nitrogens with one attached hydrogen (secondary N) is 10. The number of amides is 11. The Morgan fingerprint density at radius 2 is 1.16 bits per heavy atom. The van der Waals surface area contributed by atoms with E-state index in [9.17, 15) is 87.2 Å². The number of benzene rings is 1. The Labute approximate surface area is 714 Å². The number of Topliss-reactive ketones (excluding diaryl/α,β-unsaturated/α-hetero) is 1. The van der Waals surface area contributed by atoms with E-state index >= 15 is 4.79 Å². The highest BCUT2D eigenvalue weighted by Crippen LogP contribution is 2.67. The number of carboxylic acid groups (broad SMARTS) is 3. The Balaban J connectivity index is 0.863. The smallest absolute Gasteiger partial charge is 0.317 e. The van der Waals surface area contributed by atoms with Crippen LogP contribution in [-0.4, -0.2) is 296 Å². The van der Waals surface area contributed by atoms with E-state index in [1.165, 1.54) is 48.9 Å². The van der Waals surface area contributed by atoms with Crippen LogP contribution in [0.3, 0.4) is 0 Å². The van der Waals surface area contributed by atoms with E-state index in [0.717, 1.165) is 32.1 Å². The van der Waals surface area contributed by atoms with Gasteiger partial charge in [-0.05, 0) is 155 Å². The van der Waals surface area contributed by atoms with Crippen LogP contribution in [0, 0.1) is 52.3 Å². The SMILES string of the molecule is CSCC[C@H](NC(=O)[C@H](CC(C)C)NC(=O)[C@H](Cc1cnc[nH]1)NC(=O)CNC(=O)[C@H](C)NC(=O)[C@H](C)NC(=O)[C@H](Cc1cn(C(=O)[C@@H](N)CCC(N)=O)c2ccccc12)NC(=O)CC[C@@H](C)[C@H]1CCC2C3CC[C@@H]4C[C@@H](NC(=O)CNC(=O)CN5CCN(CC(=O)O)CCN(CC(=O)O)CCN(CC(=O)O)CC5)CC[C@]4(C)C3CC(=O)[C@@]21C)C(N)=O. The molecule has 16 atom stereocenters. The van der Waals surface area contributed by atoms with Gasteiger partial charge in [0, 0.05) is 119 Å². The fourth-order valence-corrected chi connectivity index (χ4v) is 19.4. The summed E-state index contributed by atoms with van der Waals surface area (Å²) in [7, 11) is 0. The third-order valence-electron chi connectivity index (χ3n) is 25.6. The highest BCUT2D eigenvalue weighted by Gasteiger charge is 2.64. The minimum atomic E-state index is -1.37. The van der Waals surface area contributed by atoms with Gasteiger partial charge < -0.3 is 85.4 Å². The van der Waals surface area contributed by atoms with E-state index in [0.29, 0.717) is 53.6 Å². The minimum Gasteiger partial charge on any atom is -0.480 e. The van der Waals surface area contributed by atoms with Gasteiger partial charge in [-0.15, -0.1) is 0 Å². The predicted octanol–water partition coefficient (Wildman–Crippen LogP) is -0.937. The Bertz CT molecular complexity index is 4190. The number of H-pyrrole nitrogens is 1. The maximum atomic E-state index is 15.1. The molecule has 0 spiro atoms. The number of hydrogen-bond donors (Lipinski definition) is 16. The molecule has 39 heteroatoms. The summed E-state index contributed by atoms with van der Waals surface area (Å²) in [6.07, 6.45) is 12.3. The number of thioether (sulfide) groups is 1. The molecule has 3 heterocycles. The minimum absolute atomic E-state index is 0.0452. The molecule has 4 aliphatic carbocycles. The summed E-state index contributed by atoms with van der Waals surface area (Å²) >= 11 is 1.46. The van der Waals surface area contributed by atoms with Gasteiger partial charge >= 0.3 is 17.9 Å². The first-order chi connectivity index (χ1) is 57.8. The molecule has 122 heavy (non-hydrogen) atoms. The van der Waals surface area contributed by atoms with Crippen LogP contribution in [0.4, 0.5) is 0 Å². The lowest BCUT2D eigenvalue weighted by Gasteiger charge is -2.60. The molecular weight excluding hydrogens is 1600 g/mol. The van der Waals surface area contributed by atoms with Crippen molar-refractivity contribution in [2.45, 2.75) is 200 Å². The molecular formula is C83H127N19O19S. The molecule has 8 rings (SSSR count). The molecule has 5 fully saturated rings. The quantitative estimate of drug-likeness (QED) is 0.0326. The van der Waals surface area contributed by atoms with Crippen molar-refractivity contribution in [2.75, 3.05) is 104 Å². The second-order valence-corrected chi connectivity index (χ2v) is 35.7. The van der Waals surface area contributed by atoms with Crippen LogP contribution in [0.1, 0.15) is 154 Å². The average Bonchev–Trinajstić information content (AvgIpc) is 1.41. The number of ketones is 1. The molecule has 0 bridgehead atoms. The third kappa shape index (κ3) is 27.5. The molecule has 38 nitrogen and oxygen atoms in total. The first kappa shape index (κ1) is 97.5. The maximum absolute atomic E-state index is 15.1. The second-order valence-electron chi connectivity index (χ2n) is 34.7. The Hall–Kier alpha value is -9.96. The number of aliphatic carboxylic acids is 3. The van der Waals surface area contributed by atoms with Crippen molar-refractivity contribution in [3.63, 3.8) is 0 Å². The number of aromatic nitrogens is 3. The summed E-state index contributed by atoms with van der Waals surface area (Å²) in [5.74, 6) is -10.0. The highest BCUT2D eigenvalue weighted by molar-refractivity contribution is 7.98. The van der Waals surface area contributed by atoms with E-state index in [1.807, 2.05) is 20.1 Å². The van der Waals surface area contributed by atoms with Gasteiger partial charge in [0.15, 0.2) is 0 Å². The van der Waals surface area contributed by atoms with Gasteiger partial charge in [-0.2, -0.15) is 11.8 Å². The Morgan fingerprint density at radius 1 is 0.598 bits per heavy atom. The van der Waals surface area contributed by atoms with Crippen LogP contribution < -0.4 is 65.1 Å². The van der Waals surface area contributed by atoms with Crippen molar-refractivity contribution in [1.82, 2.24) is 82.0 Å². The topological polar surface area (TPSA) is 567 Å². The zero-order chi connectivity index (χ0) is 89.4. The summed E-state index contributed by atoms with van der Waals surface area (Å²) in [5.41, 5.74) is 17.7. The Kier molecular flexibility index (Phi) is 36.3. The number of imidazole rings is 1. The summed E-state index contributed by atoms with van der Waals surface area (Å²) in [5, 5.41) is 53.8. The number of fused-ring (bicyclic) bond motifs is 6. The van der Waals surface area contributed by atoms with Crippen molar-refractivity contribution >= 4 is 117 Å². The van der Waals surface area contributed by atoms with Crippen LogP contribution in [0.2, 0.25) is 0 Å². The molecule has 19 N–H and O–H groups in total. The lowest BCUT2D eigenvalue weighted by Crippen LogP contribution is -2.58. The number of nitrogens with zero attached hydrogens (tertiary/aromatic N) is 6. The van der Waals surface area contributed by atoms with E-state index < -0.39 is 137 Å². The second kappa shape index (κ2) is 45.4. The molecule has 1 aliphatic heterocycles. The number of carbonyl (C=O) groups excluding carboxylic acids is 13. The van der Waals surface area contributed by atoms with Gasteiger partial charge in [-0.3, -0.25) is 101 Å². The average molecular weight is 1730 g/mol. The molecule has 2 aromatic heterocycles. The lowest BCUT2D eigenvalue weighted by atomic mass is 9.44. The molecule has 3 unspecified atom stereocenters. The van der Waals surface area contributed by atoms with E-state index in [4.69, 9.17) is 17.2 Å². The van der Waals surface area contributed by atoms with Crippen molar-refractivity contribution in [3.8, 4) is 0 Å². The predicted molar refractivity (Wildman–Crippen MR) is 450 cm³/mol. The zero-order valence-corrected chi connectivity index (χ0v) is 72.1. The van der Waals surface area contributed by atoms with E-state index in [2.05, 4.69) is 78.6 Å². The monoisotopic (exact) mass is 1730 g/mol. The lowest BCUT2D eigenvalue weighted by molar-refractivity contribution is -0.158. The third-order valence-corrected chi connectivity index (χ3v) is 26.2. The molecule has 1 saturated heterocycles. The number of nitrogens with two attached hydrogens (primary N) is 3. The van der Waals surface area contributed by atoms with Crippen molar-refractivity contribution < 1.29 is 92.0 Å². The van der Waals surface area contributed by atoms with Crippen molar-refractivity contribution in [2.24, 2.45) is 69.5 Å². The van der Waals surface area contributed by atoms with Gasteiger partial charge in [0.05, 0.1) is 57.2 Å². The number of carbonyl (C=O) groups is 16. The van der Waals surface area contributed by atoms with Crippen molar-refractivity contribution in [1.29, 1.82) is 0 Å². The van der Waals surface area contributed by atoms with Gasteiger partial charge in [-0.1, -0.05) is 52.8 Å². The van der Waals surface area contributed by atoms with Gasteiger partial charge in [0.25, 0.3) is 0 Å². The number of rotatable bonds is 42. The first-order valence-corrected chi connectivity index (χ1v) is 43.8. The van der Waals surface area contributed by atoms with Crippen LogP contribution in [-0.2, 0) is 84.8 Å². The van der Waals surface area contributed by atoms with Gasteiger partial charge in [-0.25, -0.2) is 4.98 Å². The number of para-hydroxylation sites is 1. The number of aromatic amines is 1. The summed E-state index contributed by atoms with van der Waals surface area (Å²) in [6.45, 7) is 12.6. The molecule has 11 amide bonds. The molecule has 4 saturated carbocycles. The summed E-state index contributed by atoms with van der Waals surface area (Å²) < 4.78 is 1.32. The van der Waals surface area contributed by atoms with E-state index in [-0.39, 0.29) is 195 Å². The fourth-order valence-electron chi connectivity index (χ4n) is 18.9. The summed E-state index contributed by atoms with van der Waals surface area (Å²) in [4.78, 5) is 227. The molecule has 5 aliphatic rings. The number of primary amides is 2. The van der Waals surface area contributed by atoms with Crippen LogP contribution >= 0.6 is 11.8 Å². The molecule has 674 valence electrons. The van der Waals surface area contributed by atoms with Crippen LogP contribution in [0.15, 0.2) is 43.0 Å². The molecule has 3 aromatic rings. The zero-order valence-electron chi connectivity index (χ0n) is 71.3. The maximum Gasteiger partial charge on any atom is 0.317 e. The number of carboxylic acids is 3. The summed E-state index contributed by atoms with van der Waals surface area (Å²) in [6, 6.07) is -1.93. The fraction of sp³-hybridized carbons (Fsp3) is 0.675. The van der Waals surface area contributed by atoms with E-state index in [1.54, 1.807) is 43.9 Å². The van der Waals surface area contributed by atoms with Crippen LogP contribution in [0.25, 0.3) is 10.9 Å². The standard InChI is InChI=1S/C83H127N19O19S/c1-47(2)33-62(79(119)96-61(75(86)115)22-32-122-8)97-80(120)64(36-54-38-87-46-90-54)95-70(107)40-89-76(116)49(4)91-77(117)50(5)92-78(118)63(34-51-41-102(65-12-10-9-11-55(51)65)81(121)60(84)18-19-67(85)104)94-68(105)20-13-48(3)57-16-17-58-56-15-14-52-35-53(21-23-82(52,6)59(56)37-66(103)83(57,58)7)93-69(106)39-88-71(108)42-98-24-26-99(43-72(109)110)28-30-101(45-74(113)114)31-29-100(27-25-98)44-73(111)112/h9-12,38,41,46-50,52-53,56-64H,13-37,39-40,42-45,84H2,1-8H3,(H2,85,104)(H2,86,115)(H,87,90)(H,88,108)(H,89,116)(H,91,117)(H,92,118)(H,93,106)(H,94,105)(H,95,107)(H,96,119)(H,97,120)(H,109,110)(H,111,112)(H,113,114)/t48-,49+,50+,52-,53+,56?,57-,58?,59?,60+,61+,62+,63+,64+,82+,83-/m1/s1. The largest absolute Gasteiger partial charge is 0.480 e. The normalized spacial score (nSPS) is 23.7. The van der Waals surface area contributed by atoms with Gasteiger partial charge in [0.1, 0.15) is 42.0 Å². The van der Waals surface area contributed by atoms with Crippen molar-refractivity contribution in [3.05, 3.63) is 54.2 Å². The van der Waals surface area contributed by atoms with Crippen LogP contribution in [0.5, 0.6) is 0 Å². The first-order valence-electron chi connectivity index (χ1n) is 42.4. The molecule has 1 aromatic carbocycles. The Morgan fingerprint density at radius 3 is 1.75 bits per heavy atom. The number of hydrogen-bond acceptors (Lipinski definition) is 23.